The van der Waals surface area contributed by atoms with Gasteiger partial charge < -0.3 is 20.3 Å². The molecule has 22 heavy (non-hydrogen) atoms. The van der Waals surface area contributed by atoms with Gasteiger partial charge in [-0.1, -0.05) is 12.1 Å². The summed E-state index contributed by atoms with van der Waals surface area (Å²) in [5, 5.41) is 6.41. The molecule has 1 atom stereocenters. The molecule has 1 saturated heterocycles. The third kappa shape index (κ3) is 5.31. The number of ether oxygens (including phenoxy) is 1. The average molecular weight is 305 g/mol. The minimum absolute atomic E-state index is 0.0500. The van der Waals surface area contributed by atoms with Crippen molar-refractivity contribution in [1.82, 2.24) is 15.5 Å². The number of piperidine rings is 1. The van der Waals surface area contributed by atoms with Gasteiger partial charge in [-0.25, -0.2) is 0 Å². The maximum Gasteiger partial charge on any atom is 0.255 e. The zero-order chi connectivity index (χ0) is 15.8. The summed E-state index contributed by atoms with van der Waals surface area (Å²) in [7, 11) is 4.00. The zero-order valence-corrected chi connectivity index (χ0v) is 13.6. The first-order chi connectivity index (χ1) is 10.7. The third-order valence-corrected chi connectivity index (χ3v) is 3.88. The van der Waals surface area contributed by atoms with E-state index in [9.17, 15) is 4.79 Å². The summed E-state index contributed by atoms with van der Waals surface area (Å²) >= 11 is 0. The summed E-state index contributed by atoms with van der Waals surface area (Å²) in [6.45, 7) is 4.19. The van der Waals surface area contributed by atoms with E-state index in [1.165, 1.54) is 12.8 Å². The van der Waals surface area contributed by atoms with Crippen LogP contribution in [0.1, 0.15) is 23.2 Å². The second kappa shape index (κ2) is 8.76. The van der Waals surface area contributed by atoms with Gasteiger partial charge in [0.05, 0.1) is 5.56 Å². The Kier molecular flexibility index (Phi) is 6.68. The van der Waals surface area contributed by atoms with Crippen molar-refractivity contribution in [3.05, 3.63) is 29.8 Å². The van der Waals surface area contributed by atoms with E-state index >= 15 is 0 Å². The van der Waals surface area contributed by atoms with E-state index < -0.39 is 0 Å². The minimum Gasteiger partial charge on any atom is -0.491 e. The summed E-state index contributed by atoms with van der Waals surface area (Å²) in [4.78, 5) is 14.4. The lowest BCUT2D eigenvalue weighted by Crippen LogP contribution is -2.38. The van der Waals surface area contributed by atoms with Crippen LogP contribution in [0.15, 0.2) is 24.3 Å². The largest absolute Gasteiger partial charge is 0.491 e. The van der Waals surface area contributed by atoms with Crippen LogP contribution in [0.4, 0.5) is 0 Å². The summed E-state index contributed by atoms with van der Waals surface area (Å²) in [6, 6.07) is 7.44. The molecule has 0 saturated carbocycles. The Bertz CT molecular complexity index is 471. The second-order valence-electron chi connectivity index (χ2n) is 6.07. The number of hydrogen-bond donors (Lipinski definition) is 2. The van der Waals surface area contributed by atoms with Crippen LogP contribution >= 0.6 is 0 Å². The van der Waals surface area contributed by atoms with Crippen LogP contribution in [0, 0.1) is 5.92 Å². The monoisotopic (exact) mass is 305 g/mol. The van der Waals surface area contributed by atoms with Gasteiger partial charge in [-0.05, 0) is 58.1 Å². The van der Waals surface area contributed by atoms with Crippen LogP contribution in [-0.2, 0) is 0 Å². The SMILES string of the molecule is CN(C)CCOc1ccccc1C(=O)NCC1CCCNC1. The predicted octanol–water partition coefficient (Wildman–Crippen LogP) is 1.36. The molecule has 1 aromatic carbocycles. The quantitative estimate of drug-likeness (QED) is 0.798. The topological polar surface area (TPSA) is 53.6 Å². The summed E-state index contributed by atoms with van der Waals surface area (Å²) in [5.74, 6) is 1.13. The predicted molar refractivity (Wildman–Crippen MR) is 88.4 cm³/mol. The molecule has 0 radical (unpaired) electrons. The molecular weight excluding hydrogens is 278 g/mol. The lowest BCUT2D eigenvalue weighted by molar-refractivity contribution is 0.0940. The first-order valence-electron chi connectivity index (χ1n) is 8.02. The van der Waals surface area contributed by atoms with Crippen molar-refractivity contribution in [2.45, 2.75) is 12.8 Å². The average Bonchev–Trinajstić information content (AvgIpc) is 2.54. The molecule has 1 aliphatic rings. The summed E-state index contributed by atoms with van der Waals surface area (Å²) < 4.78 is 5.75. The fourth-order valence-corrected chi connectivity index (χ4v) is 2.55. The molecule has 1 aromatic rings. The molecule has 1 amide bonds. The summed E-state index contributed by atoms with van der Waals surface area (Å²) in [6.07, 6.45) is 2.36. The maximum atomic E-state index is 12.4. The first-order valence-corrected chi connectivity index (χ1v) is 8.02. The van der Waals surface area contributed by atoms with Gasteiger partial charge in [0.1, 0.15) is 12.4 Å². The van der Waals surface area contributed by atoms with Crippen molar-refractivity contribution < 1.29 is 9.53 Å². The van der Waals surface area contributed by atoms with Gasteiger partial charge in [-0.3, -0.25) is 4.79 Å². The van der Waals surface area contributed by atoms with E-state index in [-0.39, 0.29) is 5.91 Å². The second-order valence-corrected chi connectivity index (χ2v) is 6.07. The lowest BCUT2D eigenvalue weighted by atomic mass is 9.99. The number of carbonyl (C=O) groups is 1. The molecular formula is C17H27N3O2. The fourth-order valence-electron chi connectivity index (χ4n) is 2.55. The Morgan fingerprint density at radius 3 is 2.95 bits per heavy atom. The van der Waals surface area contributed by atoms with Crippen molar-refractivity contribution in [2.24, 2.45) is 5.92 Å². The zero-order valence-electron chi connectivity index (χ0n) is 13.6. The van der Waals surface area contributed by atoms with Gasteiger partial charge >= 0.3 is 0 Å². The van der Waals surface area contributed by atoms with Gasteiger partial charge in [-0.2, -0.15) is 0 Å². The smallest absolute Gasteiger partial charge is 0.255 e. The fraction of sp³-hybridized carbons (Fsp3) is 0.588. The molecule has 122 valence electrons. The van der Waals surface area contributed by atoms with Gasteiger partial charge in [0.2, 0.25) is 0 Å². The van der Waals surface area contributed by atoms with Gasteiger partial charge in [0.25, 0.3) is 5.91 Å². The Morgan fingerprint density at radius 1 is 1.41 bits per heavy atom. The highest BCUT2D eigenvalue weighted by Gasteiger charge is 2.16. The molecule has 1 heterocycles. The third-order valence-electron chi connectivity index (χ3n) is 3.88. The standard InChI is InChI=1S/C17H27N3O2/c1-20(2)10-11-22-16-8-4-3-7-15(16)17(21)19-13-14-6-5-9-18-12-14/h3-4,7-8,14,18H,5-6,9-13H2,1-2H3,(H,19,21). The maximum absolute atomic E-state index is 12.4. The number of benzene rings is 1. The molecule has 1 unspecified atom stereocenters. The number of nitrogens with zero attached hydrogens (tertiary/aromatic N) is 1. The van der Waals surface area contributed by atoms with Crippen molar-refractivity contribution in [1.29, 1.82) is 0 Å². The van der Waals surface area contributed by atoms with Crippen LogP contribution in [0.3, 0.4) is 0 Å². The van der Waals surface area contributed by atoms with Gasteiger partial charge in [0, 0.05) is 13.1 Å². The van der Waals surface area contributed by atoms with E-state index in [0.717, 1.165) is 26.2 Å². The summed E-state index contributed by atoms with van der Waals surface area (Å²) in [5.41, 5.74) is 0.616. The molecule has 0 bridgehead atoms. The molecule has 1 fully saturated rings. The van der Waals surface area contributed by atoms with Crippen LogP contribution in [0.25, 0.3) is 0 Å². The molecule has 0 aliphatic carbocycles. The number of likely N-dealkylation sites (N-methyl/N-ethyl adjacent to an activating group) is 1. The van der Waals surface area contributed by atoms with Crippen molar-refractivity contribution in [3.63, 3.8) is 0 Å². The minimum atomic E-state index is -0.0500. The lowest BCUT2D eigenvalue weighted by Gasteiger charge is -2.23. The van der Waals surface area contributed by atoms with Crippen LogP contribution in [-0.4, -0.2) is 57.7 Å². The highest BCUT2D eigenvalue weighted by atomic mass is 16.5. The highest BCUT2D eigenvalue weighted by Crippen LogP contribution is 2.18. The van der Waals surface area contributed by atoms with E-state index in [0.29, 0.717) is 23.8 Å². The number of rotatable bonds is 7. The van der Waals surface area contributed by atoms with E-state index in [2.05, 4.69) is 15.5 Å². The number of nitrogens with one attached hydrogen (secondary N) is 2. The molecule has 2 N–H and O–H groups in total. The Morgan fingerprint density at radius 2 is 2.23 bits per heavy atom. The van der Waals surface area contributed by atoms with E-state index in [4.69, 9.17) is 4.74 Å². The van der Waals surface area contributed by atoms with Crippen molar-refractivity contribution >= 4 is 5.91 Å². The van der Waals surface area contributed by atoms with Crippen LogP contribution in [0.2, 0.25) is 0 Å². The molecule has 5 heteroatoms. The van der Waals surface area contributed by atoms with E-state index in [1.54, 1.807) is 0 Å². The number of para-hydroxylation sites is 1. The molecule has 1 aliphatic heterocycles. The molecule has 2 rings (SSSR count). The van der Waals surface area contributed by atoms with Crippen molar-refractivity contribution in [3.8, 4) is 5.75 Å². The Labute approximate surface area is 133 Å². The normalized spacial score (nSPS) is 18.2. The highest BCUT2D eigenvalue weighted by molar-refractivity contribution is 5.96. The number of amides is 1. The first kappa shape index (κ1) is 16.8. The van der Waals surface area contributed by atoms with Gasteiger partial charge in [0.15, 0.2) is 0 Å². The molecule has 0 aromatic heterocycles. The Balaban J connectivity index is 1.87. The Hall–Kier alpha value is -1.59. The van der Waals surface area contributed by atoms with Gasteiger partial charge in [-0.15, -0.1) is 0 Å². The number of carbonyl (C=O) groups excluding carboxylic acids is 1. The van der Waals surface area contributed by atoms with Crippen LogP contribution in [0.5, 0.6) is 5.75 Å². The molecule has 0 spiro atoms. The van der Waals surface area contributed by atoms with Crippen molar-refractivity contribution in [2.75, 3.05) is 46.9 Å². The number of hydrogen-bond acceptors (Lipinski definition) is 4. The van der Waals surface area contributed by atoms with Crippen LogP contribution < -0.4 is 15.4 Å². The van der Waals surface area contributed by atoms with E-state index in [1.807, 2.05) is 38.4 Å². The molecule has 5 nitrogen and oxygen atoms in total.